The average molecular weight is 453 g/mol. The van der Waals surface area contributed by atoms with Crippen molar-refractivity contribution in [2.75, 3.05) is 0 Å². The topological polar surface area (TPSA) is 61.7 Å². The maximum atomic E-state index is 11.8. The second-order valence-electron chi connectivity index (χ2n) is 7.49. The number of nitrogens with zero attached hydrogens (tertiary/aromatic N) is 1. The number of hydrogen-bond donors (Lipinski definition) is 2. The molecule has 4 nitrogen and oxygen atoms in total. The second-order valence-corrected chi connectivity index (χ2v) is 8.40. The van der Waals surface area contributed by atoms with E-state index in [2.05, 4.69) is 33.4 Å². The SMILES string of the molecule is CCCCCCCCCCCCCCCC(=O)N/N=C\c1cc(Br)ccc1O. The van der Waals surface area contributed by atoms with Gasteiger partial charge in [-0.1, -0.05) is 99.9 Å². The molecule has 5 heteroatoms. The summed E-state index contributed by atoms with van der Waals surface area (Å²) in [5.41, 5.74) is 3.09. The third-order valence-electron chi connectivity index (χ3n) is 4.89. The van der Waals surface area contributed by atoms with Crippen LogP contribution in [-0.2, 0) is 4.79 Å². The molecule has 0 aliphatic carbocycles. The Balaban J connectivity index is 1.94. The van der Waals surface area contributed by atoms with Crippen molar-refractivity contribution >= 4 is 28.1 Å². The first-order valence-electron chi connectivity index (χ1n) is 10.9. The number of halogens is 1. The van der Waals surface area contributed by atoms with Crippen LogP contribution in [0.5, 0.6) is 5.75 Å². The molecule has 0 fully saturated rings. The summed E-state index contributed by atoms with van der Waals surface area (Å²) in [5.74, 6) is 0.0616. The van der Waals surface area contributed by atoms with E-state index in [9.17, 15) is 9.90 Å². The molecule has 0 radical (unpaired) electrons. The van der Waals surface area contributed by atoms with Gasteiger partial charge in [-0.2, -0.15) is 5.10 Å². The van der Waals surface area contributed by atoms with E-state index in [0.29, 0.717) is 12.0 Å². The monoisotopic (exact) mass is 452 g/mol. The molecule has 2 N–H and O–H groups in total. The minimum atomic E-state index is -0.0752. The second kappa shape index (κ2) is 16.6. The summed E-state index contributed by atoms with van der Waals surface area (Å²) < 4.78 is 0.852. The molecule has 28 heavy (non-hydrogen) atoms. The van der Waals surface area contributed by atoms with Crippen LogP contribution in [0.4, 0.5) is 0 Å². The van der Waals surface area contributed by atoms with E-state index >= 15 is 0 Å². The van der Waals surface area contributed by atoms with Crippen molar-refractivity contribution in [1.29, 1.82) is 0 Å². The Labute approximate surface area is 179 Å². The van der Waals surface area contributed by atoms with Gasteiger partial charge < -0.3 is 5.11 Å². The first-order chi connectivity index (χ1) is 13.6. The molecule has 0 bridgehead atoms. The van der Waals surface area contributed by atoms with Crippen LogP contribution in [0, 0.1) is 0 Å². The lowest BCUT2D eigenvalue weighted by Crippen LogP contribution is -2.16. The molecule has 0 unspecified atom stereocenters. The molecule has 0 aliphatic rings. The van der Waals surface area contributed by atoms with E-state index in [1.165, 1.54) is 76.8 Å². The fraction of sp³-hybridized carbons (Fsp3) is 0.652. The first kappa shape index (κ1) is 24.7. The molecular weight excluding hydrogens is 416 g/mol. The largest absolute Gasteiger partial charge is 0.507 e. The van der Waals surface area contributed by atoms with Crippen molar-refractivity contribution in [3.63, 3.8) is 0 Å². The van der Waals surface area contributed by atoms with Crippen molar-refractivity contribution in [1.82, 2.24) is 5.43 Å². The highest BCUT2D eigenvalue weighted by molar-refractivity contribution is 9.10. The van der Waals surface area contributed by atoms with E-state index in [4.69, 9.17) is 0 Å². The van der Waals surface area contributed by atoms with Gasteiger partial charge in [-0.25, -0.2) is 5.43 Å². The van der Waals surface area contributed by atoms with Crippen LogP contribution < -0.4 is 5.43 Å². The van der Waals surface area contributed by atoms with Crippen LogP contribution in [0.2, 0.25) is 0 Å². The number of amides is 1. The van der Waals surface area contributed by atoms with Gasteiger partial charge in [-0.05, 0) is 24.6 Å². The summed E-state index contributed by atoms with van der Waals surface area (Å²) in [6.07, 6.45) is 18.8. The lowest BCUT2D eigenvalue weighted by molar-refractivity contribution is -0.121. The van der Waals surface area contributed by atoms with Gasteiger partial charge in [0, 0.05) is 16.5 Å². The quantitative estimate of drug-likeness (QED) is 0.160. The number of aromatic hydroxyl groups is 1. The molecule has 158 valence electrons. The summed E-state index contributed by atoms with van der Waals surface area (Å²) in [6, 6.07) is 5.08. The number of phenols is 1. The lowest BCUT2D eigenvalue weighted by Gasteiger charge is -2.03. The van der Waals surface area contributed by atoms with Gasteiger partial charge in [-0.15, -0.1) is 0 Å². The maximum absolute atomic E-state index is 11.8. The van der Waals surface area contributed by atoms with Gasteiger partial charge in [0.05, 0.1) is 6.21 Å². The minimum Gasteiger partial charge on any atom is -0.507 e. The number of benzene rings is 1. The van der Waals surface area contributed by atoms with Crippen LogP contribution in [-0.4, -0.2) is 17.2 Å². The zero-order valence-corrected chi connectivity index (χ0v) is 19.0. The first-order valence-corrected chi connectivity index (χ1v) is 11.7. The Hall–Kier alpha value is -1.36. The molecule has 0 heterocycles. The molecule has 1 rings (SSSR count). The predicted octanol–water partition coefficient (Wildman–Crippen LogP) is 7.09. The Bertz CT molecular complexity index is 576. The van der Waals surface area contributed by atoms with Crippen LogP contribution in [0.1, 0.15) is 102 Å². The van der Waals surface area contributed by atoms with Crippen molar-refractivity contribution < 1.29 is 9.90 Å². The number of carbonyl (C=O) groups is 1. The molecule has 0 spiro atoms. The van der Waals surface area contributed by atoms with Crippen molar-refractivity contribution in [3.05, 3.63) is 28.2 Å². The standard InChI is InChI=1S/C23H37BrN2O2/c1-2-3-4-5-6-7-8-9-10-11-12-13-14-15-23(28)26-25-19-20-18-21(24)16-17-22(20)27/h16-19,27H,2-15H2,1H3,(H,26,28)/b25-19-. The van der Waals surface area contributed by atoms with E-state index in [0.717, 1.165) is 17.3 Å². The highest BCUT2D eigenvalue weighted by atomic mass is 79.9. The highest BCUT2D eigenvalue weighted by Gasteiger charge is 2.01. The maximum Gasteiger partial charge on any atom is 0.240 e. The summed E-state index contributed by atoms with van der Waals surface area (Å²) in [4.78, 5) is 11.8. The number of rotatable bonds is 16. The van der Waals surface area contributed by atoms with Gasteiger partial charge in [0.25, 0.3) is 0 Å². The van der Waals surface area contributed by atoms with Gasteiger partial charge in [0.1, 0.15) is 5.75 Å². The average Bonchev–Trinajstić information content (AvgIpc) is 2.68. The van der Waals surface area contributed by atoms with Gasteiger partial charge in [-0.3, -0.25) is 4.79 Å². The molecule has 0 aromatic heterocycles. The highest BCUT2D eigenvalue weighted by Crippen LogP contribution is 2.20. The van der Waals surface area contributed by atoms with Crippen molar-refractivity contribution in [2.24, 2.45) is 5.10 Å². The molecule has 1 aromatic carbocycles. The number of unbranched alkanes of at least 4 members (excludes halogenated alkanes) is 12. The normalized spacial score (nSPS) is 11.2. The number of nitrogens with one attached hydrogen (secondary N) is 1. The third-order valence-corrected chi connectivity index (χ3v) is 5.38. The number of carbonyl (C=O) groups excluding carboxylic acids is 1. The molecule has 0 aliphatic heterocycles. The molecule has 1 amide bonds. The summed E-state index contributed by atoms with van der Waals surface area (Å²) in [5, 5.41) is 13.6. The van der Waals surface area contributed by atoms with Crippen molar-refractivity contribution in [3.8, 4) is 5.75 Å². The fourth-order valence-corrected chi connectivity index (χ4v) is 3.54. The van der Waals surface area contributed by atoms with E-state index in [-0.39, 0.29) is 11.7 Å². The minimum absolute atomic E-state index is 0.0752. The molecule has 0 saturated carbocycles. The van der Waals surface area contributed by atoms with Crippen molar-refractivity contribution in [2.45, 2.75) is 96.8 Å². The lowest BCUT2D eigenvalue weighted by atomic mass is 10.0. The smallest absolute Gasteiger partial charge is 0.240 e. The van der Waals surface area contributed by atoms with E-state index in [1.54, 1.807) is 18.2 Å². The zero-order chi connectivity index (χ0) is 20.5. The van der Waals surface area contributed by atoms with Crippen LogP contribution in [0.15, 0.2) is 27.8 Å². The Morgan fingerprint density at radius 1 is 0.964 bits per heavy atom. The Morgan fingerprint density at radius 3 is 2.07 bits per heavy atom. The van der Waals surface area contributed by atoms with Crippen LogP contribution in [0.3, 0.4) is 0 Å². The number of hydrogen-bond acceptors (Lipinski definition) is 3. The molecule has 1 aromatic rings. The molecule has 0 atom stereocenters. The Morgan fingerprint density at radius 2 is 1.50 bits per heavy atom. The fourth-order valence-electron chi connectivity index (χ4n) is 3.16. The van der Waals surface area contributed by atoms with E-state index in [1.807, 2.05) is 0 Å². The predicted molar refractivity (Wildman–Crippen MR) is 122 cm³/mol. The van der Waals surface area contributed by atoms with E-state index < -0.39 is 0 Å². The summed E-state index contributed by atoms with van der Waals surface area (Å²) in [7, 11) is 0. The summed E-state index contributed by atoms with van der Waals surface area (Å²) >= 11 is 3.34. The van der Waals surface area contributed by atoms with Gasteiger partial charge in [0.15, 0.2) is 0 Å². The number of hydrazone groups is 1. The van der Waals surface area contributed by atoms with Crippen LogP contribution >= 0.6 is 15.9 Å². The summed E-state index contributed by atoms with van der Waals surface area (Å²) in [6.45, 7) is 2.26. The third kappa shape index (κ3) is 12.9. The van der Waals surface area contributed by atoms with Crippen LogP contribution in [0.25, 0.3) is 0 Å². The number of phenolic OH excluding ortho intramolecular Hbond substituents is 1. The molecular formula is C23H37BrN2O2. The Kier molecular flexibility index (Phi) is 14.6. The van der Waals surface area contributed by atoms with Gasteiger partial charge >= 0.3 is 0 Å². The molecule has 0 saturated heterocycles. The van der Waals surface area contributed by atoms with Gasteiger partial charge in [0.2, 0.25) is 5.91 Å². The zero-order valence-electron chi connectivity index (χ0n) is 17.4.